The van der Waals surface area contributed by atoms with Crippen molar-refractivity contribution in [3.63, 3.8) is 0 Å². The number of fused-ring (bicyclic) bond motifs is 1. The predicted molar refractivity (Wildman–Crippen MR) is 78.5 cm³/mol. The first-order valence-corrected chi connectivity index (χ1v) is 8.65. The fourth-order valence-corrected chi connectivity index (χ4v) is 2.89. The summed E-state index contributed by atoms with van der Waals surface area (Å²) in [4.78, 5) is 12.0. The van der Waals surface area contributed by atoms with Crippen molar-refractivity contribution in [1.29, 1.82) is 0 Å². The third-order valence-corrected chi connectivity index (χ3v) is 5.20. The van der Waals surface area contributed by atoms with E-state index in [1.165, 1.54) is 5.56 Å². The number of amides is 1. The third kappa shape index (κ3) is 3.80. The van der Waals surface area contributed by atoms with Gasteiger partial charge in [-0.2, -0.15) is 0 Å². The van der Waals surface area contributed by atoms with Crippen LogP contribution in [-0.4, -0.2) is 38.9 Å². The van der Waals surface area contributed by atoms with E-state index in [1.807, 2.05) is 12.1 Å². The molecule has 0 aromatic heterocycles. The van der Waals surface area contributed by atoms with Crippen molar-refractivity contribution in [1.82, 2.24) is 10.6 Å². The summed E-state index contributed by atoms with van der Waals surface area (Å²) in [6.07, 6.45) is 0.978. The lowest BCUT2D eigenvalue weighted by Gasteiger charge is -2.17. The van der Waals surface area contributed by atoms with Gasteiger partial charge >= 0.3 is 0 Å². The Morgan fingerprint density at radius 1 is 1.35 bits per heavy atom. The maximum atomic E-state index is 12.0. The van der Waals surface area contributed by atoms with Crippen molar-refractivity contribution in [2.24, 2.45) is 0 Å². The normalized spacial score (nSPS) is 14.7. The molecular weight excluding hydrogens is 276 g/mol. The van der Waals surface area contributed by atoms with E-state index in [-0.39, 0.29) is 24.0 Å². The van der Waals surface area contributed by atoms with Crippen LogP contribution in [0, 0.1) is 0 Å². The Morgan fingerprint density at radius 3 is 2.90 bits per heavy atom. The van der Waals surface area contributed by atoms with Gasteiger partial charge in [0.1, 0.15) is 0 Å². The minimum absolute atomic E-state index is 0.0122. The molecule has 2 rings (SSSR count). The first-order chi connectivity index (χ1) is 9.52. The van der Waals surface area contributed by atoms with Gasteiger partial charge in [-0.05, 0) is 36.2 Å². The zero-order chi connectivity index (χ0) is 14.6. The molecule has 0 radical (unpaired) electrons. The van der Waals surface area contributed by atoms with Crippen LogP contribution >= 0.6 is 0 Å². The molecule has 0 saturated heterocycles. The summed E-state index contributed by atoms with van der Waals surface area (Å²) < 4.78 is 22.7. The molecule has 110 valence electrons. The van der Waals surface area contributed by atoms with Crippen molar-refractivity contribution >= 4 is 15.7 Å². The lowest BCUT2D eigenvalue weighted by atomic mass is 9.98. The second-order valence-corrected chi connectivity index (χ2v) is 7.38. The number of sulfone groups is 1. The smallest absolute Gasteiger partial charge is 0.251 e. The molecule has 0 bridgehead atoms. The Balaban J connectivity index is 1.96. The van der Waals surface area contributed by atoms with E-state index >= 15 is 0 Å². The summed E-state index contributed by atoms with van der Waals surface area (Å²) in [6.45, 7) is 3.51. The molecule has 20 heavy (non-hydrogen) atoms. The lowest BCUT2D eigenvalue weighted by Crippen LogP contribution is -2.30. The zero-order valence-corrected chi connectivity index (χ0v) is 12.4. The summed E-state index contributed by atoms with van der Waals surface area (Å²) in [5.74, 6) is -0.126. The second-order valence-electron chi connectivity index (χ2n) is 4.90. The Labute approximate surface area is 119 Å². The highest BCUT2D eigenvalue weighted by Gasteiger charge is 2.13. The maximum absolute atomic E-state index is 12.0. The SMILES string of the molecule is CCS(=O)(=O)CCNC(=O)c1ccc2c(c1)CNCC2. The van der Waals surface area contributed by atoms with Crippen molar-refractivity contribution in [2.45, 2.75) is 19.9 Å². The zero-order valence-electron chi connectivity index (χ0n) is 11.6. The first kappa shape index (κ1) is 15.0. The molecule has 0 atom stereocenters. The highest BCUT2D eigenvalue weighted by molar-refractivity contribution is 7.91. The molecule has 0 unspecified atom stereocenters. The third-order valence-electron chi connectivity index (χ3n) is 3.49. The van der Waals surface area contributed by atoms with Crippen molar-refractivity contribution in [3.05, 3.63) is 34.9 Å². The fraction of sp³-hybridized carbons (Fsp3) is 0.500. The molecular formula is C14H20N2O3S. The van der Waals surface area contributed by atoms with Gasteiger partial charge in [-0.3, -0.25) is 4.79 Å². The Bertz CT molecular complexity index is 596. The first-order valence-electron chi connectivity index (χ1n) is 6.83. The number of rotatable bonds is 5. The molecule has 2 N–H and O–H groups in total. The molecule has 0 saturated carbocycles. The number of carbonyl (C=O) groups is 1. The average molecular weight is 296 g/mol. The molecule has 1 amide bonds. The average Bonchev–Trinajstić information content (AvgIpc) is 2.46. The quantitative estimate of drug-likeness (QED) is 0.829. The van der Waals surface area contributed by atoms with Gasteiger partial charge in [-0.25, -0.2) is 8.42 Å². The van der Waals surface area contributed by atoms with Crippen LogP contribution in [0.2, 0.25) is 0 Å². The van der Waals surface area contributed by atoms with Crippen LogP contribution in [0.1, 0.15) is 28.4 Å². The highest BCUT2D eigenvalue weighted by atomic mass is 32.2. The van der Waals surface area contributed by atoms with Crippen LogP contribution in [0.15, 0.2) is 18.2 Å². The van der Waals surface area contributed by atoms with Gasteiger partial charge < -0.3 is 10.6 Å². The van der Waals surface area contributed by atoms with Crippen LogP contribution in [0.4, 0.5) is 0 Å². The van der Waals surface area contributed by atoms with Crippen molar-refractivity contribution < 1.29 is 13.2 Å². The van der Waals surface area contributed by atoms with Gasteiger partial charge in [0.15, 0.2) is 9.84 Å². The maximum Gasteiger partial charge on any atom is 0.251 e. The Kier molecular flexibility index (Phi) is 4.77. The summed E-state index contributed by atoms with van der Waals surface area (Å²) in [7, 11) is -3.04. The van der Waals surface area contributed by atoms with Crippen molar-refractivity contribution in [3.8, 4) is 0 Å². The molecule has 1 aromatic carbocycles. The summed E-state index contributed by atoms with van der Waals surface area (Å²) in [5, 5.41) is 5.92. The molecule has 1 aliphatic heterocycles. The van der Waals surface area contributed by atoms with Crippen LogP contribution < -0.4 is 10.6 Å². The van der Waals surface area contributed by atoms with E-state index < -0.39 is 9.84 Å². The van der Waals surface area contributed by atoms with E-state index in [2.05, 4.69) is 10.6 Å². The molecule has 0 aliphatic carbocycles. The number of nitrogens with one attached hydrogen (secondary N) is 2. The van der Waals surface area contributed by atoms with E-state index in [0.717, 1.165) is 25.1 Å². The fourth-order valence-electron chi connectivity index (χ4n) is 2.19. The number of benzene rings is 1. The van der Waals surface area contributed by atoms with E-state index in [9.17, 15) is 13.2 Å². The topological polar surface area (TPSA) is 75.3 Å². The van der Waals surface area contributed by atoms with Gasteiger partial charge in [0.2, 0.25) is 0 Å². The molecule has 5 nitrogen and oxygen atoms in total. The molecule has 1 aromatic rings. The van der Waals surface area contributed by atoms with E-state index in [0.29, 0.717) is 5.56 Å². The molecule has 0 fully saturated rings. The van der Waals surface area contributed by atoms with E-state index in [1.54, 1.807) is 13.0 Å². The van der Waals surface area contributed by atoms with Crippen LogP contribution in [0.25, 0.3) is 0 Å². The lowest BCUT2D eigenvalue weighted by molar-refractivity contribution is 0.0956. The van der Waals surface area contributed by atoms with Crippen molar-refractivity contribution in [2.75, 3.05) is 24.6 Å². The molecule has 1 heterocycles. The number of carbonyl (C=O) groups excluding carboxylic acids is 1. The van der Waals surface area contributed by atoms with Gasteiger partial charge in [-0.1, -0.05) is 13.0 Å². The van der Waals surface area contributed by atoms with Gasteiger partial charge in [0.05, 0.1) is 5.75 Å². The van der Waals surface area contributed by atoms with Crippen LogP contribution in [-0.2, 0) is 22.8 Å². The minimum Gasteiger partial charge on any atom is -0.351 e. The molecule has 1 aliphatic rings. The summed E-state index contributed by atoms with van der Waals surface area (Å²) in [6, 6.07) is 5.66. The second kappa shape index (κ2) is 6.37. The number of hydrogen-bond acceptors (Lipinski definition) is 4. The Hall–Kier alpha value is -1.40. The molecule has 6 heteroatoms. The van der Waals surface area contributed by atoms with Crippen LogP contribution in [0.3, 0.4) is 0 Å². The van der Waals surface area contributed by atoms with Gasteiger partial charge in [-0.15, -0.1) is 0 Å². The molecule has 0 spiro atoms. The predicted octanol–water partition coefficient (Wildman–Crippen LogP) is 0.497. The number of hydrogen-bond donors (Lipinski definition) is 2. The summed E-state index contributed by atoms with van der Waals surface area (Å²) in [5.41, 5.74) is 3.00. The largest absolute Gasteiger partial charge is 0.351 e. The van der Waals surface area contributed by atoms with Crippen LogP contribution in [0.5, 0.6) is 0 Å². The Morgan fingerprint density at radius 2 is 2.15 bits per heavy atom. The van der Waals surface area contributed by atoms with E-state index in [4.69, 9.17) is 0 Å². The van der Waals surface area contributed by atoms with Gasteiger partial charge in [0.25, 0.3) is 5.91 Å². The monoisotopic (exact) mass is 296 g/mol. The highest BCUT2D eigenvalue weighted by Crippen LogP contribution is 2.15. The van der Waals surface area contributed by atoms with Gasteiger partial charge in [0, 0.05) is 24.4 Å². The standard InChI is InChI=1S/C14H20N2O3S/c1-2-20(18,19)8-7-16-14(17)12-4-3-11-5-6-15-10-13(11)9-12/h3-4,9,15H,2,5-8,10H2,1H3,(H,16,17). The summed E-state index contributed by atoms with van der Waals surface area (Å²) >= 11 is 0. The minimum atomic E-state index is -3.04.